The fraction of sp³-hybridized carbons (Fsp3) is 0.333. The van der Waals surface area contributed by atoms with Crippen molar-refractivity contribution in [2.45, 2.75) is 12.6 Å². The van der Waals surface area contributed by atoms with Gasteiger partial charge in [0.1, 0.15) is 5.84 Å². The first-order chi connectivity index (χ1) is 9.25. The van der Waals surface area contributed by atoms with E-state index >= 15 is 0 Å². The van der Waals surface area contributed by atoms with Gasteiger partial charge in [-0.2, -0.15) is 13.2 Å². The molecule has 1 aromatic rings. The monoisotopic (exact) mass is 289 g/mol. The van der Waals surface area contributed by atoms with Crippen LogP contribution in [0.4, 0.5) is 13.2 Å². The van der Waals surface area contributed by atoms with Crippen LogP contribution in [-0.4, -0.2) is 35.4 Å². The zero-order valence-electron chi connectivity index (χ0n) is 10.7. The van der Waals surface area contributed by atoms with E-state index in [9.17, 15) is 18.0 Å². The zero-order valence-corrected chi connectivity index (χ0v) is 10.7. The van der Waals surface area contributed by atoms with Crippen LogP contribution in [0.2, 0.25) is 0 Å². The Morgan fingerprint density at radius 1 is 1.45 bits per heavy atom. The molecule has 1 aromatic carbocycles. The van der Waals surface area contributed by atoms with Crippen LogP contribution >= 0.6 is 0 Å². The third kappa shape index (κ3) is 4.15. The molecule has 1 rings (SSSR count). The number of alkyl halides is 3. The second kappa shape index (κ2) is 6.27. The fourth-order valence-electron chi connectivity index (χ4n) is 1.48. The van der Waals surface area contributed by atoms with Gasteiger partial charge in [-0.3, -0.25) is 4.79 Å². The van der Waals surface area contributed by atoms with Crippen LogP contribution in [0.25, 0.3) is 0 Å². The van der Waals surface area contributed by atoms with E-state index in [1.54, 1.807) is 0 Å². The minimum Gasteiger partial charge on any atom is -0.409 e. The van der Waals surface area contributed by atoms with Gasteiger partial charge in [-0.05, 0) is 18.2 Å². The number of halogens is 3. The number of amidine groups is 1. The summed E-state index contributed by atoms with van der Waals surface area (Å²) in [6.45, 7) is 0.130. The molecule has 3 N–H and O–H groups in total. The van der Waals surface area contributed by atoms with E-state index in [2.05, 4.69) is 5.16 Å². The van der Waals surface area contributed by atoms with Gasteiger partial charge in [-0.15, -0.1) is 0 Å². The predicted molar refractivity (Wildman–Crippen MR) is 66.4 cm³/mol. The van der Waals surface area contributed by atoms with Crippen molar-refractivity contribution < 1.29 is 23.2 Å². The summed E-state index contributed by atoms with van der Waals surface area (Å²) in [6.07, 6.45) is -4.37. The van der Waals surface area contributed by atoms with Gasteiger partial charge in [-0.1, -0.05) is 11.2 Å². The Labute approximate surface area is 113 Å². The third-order valence-electron chi connectivity index (χ3n) is 2.62. The second-order valence-corrected chi connectivity index (χ2v) is 4.15. The molecule has 110 valence electrons. The van der Waals surface area contributed by atoms with Crippen molar-refractivity contribution in [2.75, 3.05) is 13.6 Å². The molecule has 0 heterocycles. The third-order valence-corrected chi connectivity index (χ3v) is 2.62. The number of amides is 1. The highest BCUT2D eigenvalue weighted by atomic mass is 19.4. The molecule has 0 saturated carbocycles. The van der Waals surface area contributed by atoms with Crippen molar-refractivity contribution >= 4 is 11.7 Å². The Morgan fingerprint density at radius 2 is 2.10 bits per heavy atom. The SMILES string of the molecule is CN(CC/C(N)=N/O)C(=O)c1cccc(C(F)(F)F)c1. The van der Waals surface area contributed by atoms with Gasteiger partial charge in [-0.25, -0.2) is 0 Å². The maximum absolute atomic E-state index is 12.5. The average molecular weight is 289 g/mol. The van der Waals surface area contributed by atoms with Crippen LogP contribution < -0.4 is 5.73 Å². The normalized spacial score (nSPS) is 12.3. The van der Waals surface area contributed by atoms with Gasteiger partial charge >= 0.3 is 6.18 Å². The maximum atomic E-state index is 12.5. The van der Waals surface area contributed by atoms with E-state index in [1.807, 2.05) is 0 Å². The highest BCUT2D eigenvalue weighted by Gasteiger charge is 2.31. The minimum absolute atomic E-state index is 0.0614. The summed E-state index contributed by atoms with van der Waals surface area (Å²) in [7, 11) is 1.42. The van der Waals surface area contributed by atoms with Crippen molar-refractivity contribution in [3.8, 4) is 0 Å². The van der Waals surface area contributed by atoms with Crippen LogP contribution in [0.15, 0.2) is 29.4 Å². The zero-order chi connectivity index (χ0) is 15.3. The molecule has 0 aromatic heterocycles. The quantitative estimate of drug-likeness (QED) is 0.384. The highest BCUT2D eigenvalue weighted by Crippen LogP contribution is 2.29. The molecule has 0 bridgehead atoms. The molecule has 0 atom stereocenters. The van der Waals surface area contributed by atoms with Crippen LogP contribution in [0.5, 0.6) is 0 Å². The second-order valence-electron chi connectivity index (χ2n) is 4.15. The number of benzene rings is 1. The molecule has 5 nitrogen and oxygen atoms in total. The van der Waals surface area contributed by atoms with Crippen molar-refractivity contribution in [1.82, 2.24) is 4.90 Å². The molecule has 8 heteroatoms. The van der Waals surface area contributed by atoms with Gasteiger partial charge in [0.05, 0.1) is 5.56 Å². The summed E-state index contributed by atoms with van der Waals surface area (Å²) in [6, 6.07) is 4.17. The molecular weight excluding hydrogens is 275 g/mol. The minimum atomic E-state index is -4.50. The molecular formula is C12H14F3N3O2. The van der Waals surface area contributed by atoms with Crippen LogP contribution in [0, 0.1) is 0 Å². The van der Waals surface area contributed by atoms with Crippen molar-refractivity contribution in [3.05, 3.63) is 35.4 Å². The van der Waals surface area contributed by atoms with Gasteiger partial charge in [0.15, 0.2) is 0 Å². The number of carbonyl (C=O) groups is 1. The van der Waals surface area contributed by atoms with E-state index in [0.717, 1.165) is 12.1 Å². The van der Waals surface area contributed by atoms with E-state index < -0.39 is 17.6 Å². The van der Waals surface area contributed by atoms with Crippen LogP contribution in [-0.2, 0) is 6.18 Å². The Morgan fingerprint density at radius 3 is 2.65 bits per heavy atom. The Bertz CT molecular complexity index is 515. The molecule has 0 spiro atoms. The van der Waals surface area contributed by atoms with E-state index in [4.69, 9.17) is 10.9 Å². The number of oxime groups is 1. The summed E-state index contributed by atoms with van der Waals surface area (Å²) in [5.74, 6) is -0.629. The molecule has 0 unspecified atom stereocenters. The largest absolute Gasteiger partial charge is 0.416 e. The molecule has 0 aliphatic rings. The van der Waals surface area contributed by atoms with Crippen molar-refractivity contribution in [3.63, 3.8) is 0 Å². The highest BCUT2D eigenvalue weighted by molar-refractivity contribution is 5.94. The lowest BCUT2D eigenvalue weighted by atomic mass is 10.1. The summed E-state index contributed by atoms with van der Waals surface area (Å²) in [4.78, 5) is 13.1. The molecule has 0 aliphatic carbocycles. The van der Waals surface area contributed by atoms with E-state index in [0.29, 0.717) is 0 Å². The summed E-state index contributed by atoms with van der Waals surface area (Å²) in [5.41, 5.74) is 4.31. The average Bonchev–Trinajstić information content (AvgIpc) is 2.42. The first kappa shape index (κ1) is 15.8. The molecule has 20 heavy (non-hydrogen) atoms. The lowest BCUT2D eigenvalue weighted by Crippen LogP contribution is -2.30. The van der Waals surface area contributed by atoms with Crippen molar-refractivity contribution in [2.24, 2.45) is 10.9 Å². The van der Waals surface area contributed by atoms with E-state index in [-0.39, 0.29) is 24.4 Å². The summed E-state index contributed by atoms with van der Waals surface area (Å²) >= 11 is 0. The van der Waals surface area contributed by atoms with Gasteiger partial charge in [0.2, 0.25) is 0 Å². The standard InChI is InChI=1S/C12H14F3N3O2/c1-18(6-5-10(16)17-20)11(19)8-3-2-4-9(7-8)12(13,14)15/h2-4,7,20H,5-6H2,1H3,(H2,16,17). The summed E-state index contributed by atoms with van der Waals surface area (Å²) < 4.78 is 37.6. The summed E-state index contributed by atoms with van der Waals surface area (Å²) in [5, 5.41) is 11.1. The molecule has 1 amide bonds. The number of rotatable bonds is 4. The van der Waals surface area contributed by atoms with Gasteiger partial charge < -0.3 is 15.8 Å². The first-order valence-corrected chi connectivity index (χ1v) is 5.65. The van der Waals surface area contributed by atoms with Crippen LogP contribution in [0.1, 0.15) is 22.3 Å². The van der Waals surface area contributed by atoms with Gasteiger partial charge in [0.25, 0.3) is 5.91 Å². The smallest absolute Gasteiger partial charge is 0.409 e. The molecule has 0 fully saturated rings. The maximum Gasteiger partial charge on any atom is 0.416 e. The molecule has 0 saturated heterocycles. The molecule has 0 aliphatic heterocycles. The Balaban J connectivity index is 2.82. The predicted octanol–water partition coefficient (Wildman–Crippen LogP) is 1.91. The van der Waals surface area contributed by atoms with E-state index in [1.165, 1.54) is 24.1 Å². The van der Waals surface area contributed by atoms with Crippen molar-refractivity contribution in [1.29, 1.82) is 0 Å². The lowest BCUT2D eigenvalue weighted by Gasteiger charge is -2.17. The Hall–Kier alpha value is -2.25. The topological polar surface area (TPSA) is 78.9 Å². The number of nitrogens with two attached hydrogens (primary N) is 1. The first-order valence-electron chi connectivity index (χ1n) is 5.65. The number of carbonyl (C=O) groups excluding carboxylic acids is 1. The Kier molecular flexibility index (Phi) is 4.95. The van der Waals surface area contributed by atoms with Gasteiger partial charge in [0, 0.05) is 25.6 Å². The van der Waals surface area contributed by atoms with Crippen LogP contribution in [0.3, 0.4) is 0 Å². The molecule has 0 radical (unpaired) electrons. The number of hydrogen-bond acceptors (Lipinski definition) is 3. The number of hydrogen-bond donors (Lipinski definition) is 2. The number of nitrogens with zero attached hydrogens (tertiary/aromatic N) is 2. The lowest BCUT2D eigenvalue weighted by molar-refractivity contribution is -0.137. The fourth-order valence-corrected chi connectivity index (χ4v) is 1.48.